The zero-order valence-electron chi connectivity index (χ0n) is 11.3. The maximum Gasteiger partial charge on any atom is 0.316 e. The van der Waals surface area contributed by atoms with Crippen LogP contribution in [0.25, 0.3) is 0 Å². The topological polar surface area (TPSA) is 128 Å². The Balaban J connectivity index is 3.23. The van der Waals surface area contributed by atoms with E-state index < -0.39 is 10.8 Å². The van der Waals surface area contributed by atoms with Crippen LogP contribution < -0.4 is 21.9 Å². The van der Waals surface area contributed by atoms with Gasteiger partial charge in [0.2, 0.25) is 5.91 Å². The molecule has 110 valence electrons. The number of hydrogen-bond acceptors (Lipinski definition) is 6. The molecular weight excluding hydrogens is 262 g/mol. The Morgan fingerprint density at radius 3 is 2.70 bits per heavy atom. The van der Waals surface area contributed by atoms with Gasteiger partial charge in [-0.1, -0.05) is 19.4 Å². The number of nitro groups is 1. The Morgan fingerprint density at radius 2 is 2.20 bits per heavy atom. The first-order valence-electron chi connectivity index (χ1n) is 6.28. The van der Waals surface area contributed by atoms with E-state index in [1.165, 1.54) is 6.07 Å². The average Bonchev–Trinajstić information content (AvgIpc) is 2.41. The summed E-state index contributed by atoms with van der Waals surface area (Å²) in [4.78, 5) is 23.5. The SMILES string of the molecule is CCCCN(CC(N)=O)c1cccc(NN)c1[N+](=O)[O-]. The van der Waals surface area contributed by atoms with Crippen molar-refractivity contribution in [1.82, 2.24) is 0 Å². The molecule has 0 heterocycles. The van der Waals surface area contributed by atoms with Crippen molar-refractivity contribution in [3.05, 3.63) is 28.3 Å². The zero-order chi connectivity index (χ0) is 15.1. The predicted octanol–water partition coefficient (Wildman–Crippen LogP) is 0.972. The third-order valence-electron chi connectivity index (χ3n) is 2.82. The first-order valence-corrected chi connectivity index (χ1v) is 6.28. The highest BCUT2D eigenvalue weighted by Gasteiger charge is 2.24. The number of nitrogens with zero attached hydrogens (tertiary/aromatic N) is 2. The highest BCUT2D eigenvalue weighted by molar-refractivity contribution is 5.83. The van der Waals surface area contributed by atoms with E-state index in [9.17, 15) is 14.9 Å². The monoisotopic (exact) mass is 281 g/mol. The van der Waals surface area contributed by atoms with E-state index in [1.807, 2.05) is 6.92 Å². The van der Waals surface area contributed by atoms with Gasteiger partial charge in [0.25, 0.3) is 0 Å². The third kappa shape index (κ3) is 3.82. The van der Waals surface area contributed by atoms with Crippen LogP contribution in [-0.2, 0) is 4.79 Å². The summed E-state index contributed by atoms with van der Waals surface area (Å²) in [6, 6.07) is 4.72. The number of para-hydroxylation sites is 1. The van der Waals surface area contributed by atoms with Crippen LogP contribution >= 0.6 is 0 Å². The Labute approximate surface area is 116 Å². The van der Waals surface area contributed by atoms with Gasteiger partial charge >= 0.3 is 5.69 Å². The average molecular weight is 281 g/mol. The number of anilines is 2. The Bertz CT molecular complexity index is 492. The molecule has 0 saturated heterocycles. The Morgan fingerprint density at radius 1 is 1.50 bits per heavy atom. The molecule has 1 rings (SSSR count). The molecule has 0 radical (unpaired) electrons. The van der Waals surface area contributed by atoms with Crippen molar-refractivity contribution >= 4 is 23.0 Å². The molecule has 1 aromatic rings. The summed E-state index contributed by atoms with van der Waals surface area (Å²) in [5.74, 6) is 4.75. The normalized spacial score (nSPS) is 10.1. The molecule has 0 spiro atoms. The second kappa shape index (κ2) is 7.29. The molecule has 0 fully saturated rings. The first kappa shape index (κ1) is 15.7. The third-order valence-corrected chi connectivity index (χ3v) is 2.82. The summed E-state index contributed by atoms with van der Waals surface area (Å²) in [7, 11) is 0. The van der Waals surface area contributed by atoms with Gasteiger partial charge in [-0.05, 0) is 18.6 Å². The highest BCUT2D eigenvalue weighted by Crippen LogP contribution is 2.34. The van der Waals surface area contributed by atoms with Gasteiger partial charge in [-0.3, -0.25) is 20.8 Å². The molecule has 0 unspecified atom stereocenters. The second-order valence-corrected chi connectivity index (χ2v) is 4.32. The molecule has 8 nitrogen and oxygen atoms in total. The lowest BCUT2D eigenvalue weighted by atomic mass is 10.2. The Kier molecular flexibility index (Phi) is 5.73. The van der Waals surface area contributed by atoms with Gasteiger partial charge < -0.3 is 16.1 Å². The number of primary amides is 1. The summed E-state index contributed by atoms with van der Waals surface area (Å²) in [5.41, 5.74) is 7.87. The molecule has 0 saturated carbocycles. The standard InChI is InChI=1S/C12H19N5O3/c1-2-3-7-16(8-11(13)18)10-6-4-5-9(15-14)12(10)17(19)20/h4-6,15H,2-3,7-8,14H2,1H3,(H2,13,18). The molecule has 5 N–H and O–H groups in total. The van der Waals surface area contributed by atoms with Gasteiger partial charge in [0.1, 0.15) is 11.4 Å². The molecule has 0 aliphatic heterocycles. The fourth-order valence-electron chi connectivity index (χ4n) is 1.92. The molecule has 0 aliphatic carbocycles. The molecule has 20 heavy (non-hydrogen) atoms. The van der Waals surface area contributed by atoms with Crippen LogP contribution in [-0.4, -0.2) is 23.9 Å². The summed E-state index contributed by atoms with van der Waals surface area (Å²) in [6.45, 7) is 2.43. The summed E-state index contributed by atoms with van der Waals surface area (Å²) in [6.07, 6.45) is 1.70. The number of nitrogens with one attached hydrogen (secondary N) is 1. The number of nitrogens with two attached hydrogens (primary N) is 2. The van der Waals surface area contributed by atoms with Gasteiger partial charge in [0, 0.05) is 6.54 Å². The van der Waals surface area contributed by atoms with Crippen molar-refractivity contribution in [3.63, 3.8) is 0 Å². The van der Waals surface area contributed by atoms with Gasteiger partial charge in [-0.15, -0.1) is 0 Å². The lowest BCUT2D eigenvalue weighted by Crippen LogP contribution is -2.35. The second-order valence-electron chi connectivity index (χ2n) is 4.32. The molecular formula is C12H19N5O3. The Hall–Kier alpha value is -2.35. The highest BCUT2D eigenvalue weighted by atomic mass is 16.6. The number of carbonyl (C=O) groups is 1. The molecule has 1 aromatic carbocycles. The molecule has 0 bridgehead atoms. The fourth-order valence-corrected chi connectivity index (χ4v) is 1.92. The molecule has 0 aromatic heterocycles. The van der Waals surface area contributed by atoms with E-state index >= 15 is 0 Å². The smallest absolute Gasteiger partial charge is 0.316 e. The number of hydrogen-bond donors (Lipinski definition) is 3. The van der Waals surface area contributed by atoms with Crippen molar-refractivity contribution in [2.24, 2.45) is 11.6 Å². The van der Waals surface area contributed by atoms with Crippen molar-refractivity contribution in [1.29, 1.82) is 0 Å². The van der Waals surface area contributed by atoms with Crippen molar-refractivity contribution in [2.75, 3.05) is 23.4 Å². The van der Waals surface area contributed by atoms with Crippen LogP contribution in [0.4, 0.5) is 17.1 Å². The molecule has 0 atom stereocenters. The fraction of sp³-hybridized carbons (Fsp3) is 0.417. The zero-order valence-corrected chi connectivity index (χ0v) is 11.3. The van der Waals surface area contributed by atoms with E-state index in [0.29, 0.717) is 12.2 Å². The number of amides is 1. The summed E-state index contributed by atoms with van der Waals surface area (Å²) >= 11 is 0. The first-order chi connectivity index (χ1) is 9.51. The van der Waals surface area contributed by atoms with Crippen molar-refractivity contribution < 1.29 is 9.72 Å². The number of nitro benzene ring substituents is 1. The van der Waals surface area contributed by atoms with Crippen LogP contribution in [0.15, 0.2) is 18.2 Å². The molecule has 8 heteroatoms. The molecule has 0 aliphatic rings. The number of rotatable bonds is 8. The van der Waals surface area contributed by atoms with Gasteiger partial charge in [0.15, 0.2) is 0 Å². The van der Waals surface area contributed by atoms with Gasteiger partial charge in [-0.2, -0.15) is 0 Å². The minimum absolute atomic E-state index is 0.0745. The summed E-state index contributed by atoms with van der Waals surface area (Å²) in [5, 5.41) is 11.2. The van der Waals surface area contributed by atoms with Crippen LogP contribution in [0, 0.1) is 10.1 Å². The van der Waals surface area contributed by atoms with Crippen molar-refractivity contribution in [2.45, 2.75) is 19.8 Å². The lowest BCUT2D eigenvalue weighted by molar-refractivity contribution is -0.383. The molecule has 1 amide bonds. The van der Waals surface area contributed by atoms with Gasteiger partial charge in [-0.25, -0.2) is 0 Å². The minimum Gasteiger partial charge on any atom is -0.368 e. The van der Waals surface area contributed by atoms with Crippen molar-refractivity contribution in [3.8, 4) is 0 Å². The number of hydrazine groups is 1. The van der Waals surface area contributed by atoms with E-state index in [1.54, 1.807) is 17.0 Å². The quantitative estimate of drug-likeness (QED) is 0.370. The van der Waals surface area contributed by atoms with Gasteiger partial charge in [0.05, 0.1) is 11.5 Å². The van der Waals surface area contributed by atoms with E-state index in [2.05, 4.69) is 5.43 Å². The van der Waals surface area contributed by atoms with Crippen LogP contribution in [0.3, 0.4) is 0 Å². The van der Waals surface area contributed by atoms with E-state index in [-0.39, 0.29) is 17.9 Å². The van der Waals surface area contributed by atoms with Crippen LogP contribution in [0.2, 0.25) is 0 Å². The lowest BCUT2D eigenvalue weighted by Gasteiger charge is -2.23. The summed E-state index contributed by atoms with van der Waals surface area (Å²) < 4.78 is 0. The predicted molar refractivity (Wildman–Crippen MR) is 77.2 cm³/mol. The maximum atomic E-state index is 11.2. The van der Waals surface area contributed by atoms with Crippen LogP contribution in [0.5, 0.6) is 0 Å². The minimum atomic E-state index is -0.540. The number of benzene rings is 1. The van der Waals surface area contributed by atoms with Crippen LogP contribution in [0.1, 0.15) is 19.8 Å². The number of carbonyl (C=O) groups excluding carboxylic acids is 1. The largest absolute Gasteiger partial charge is 0.368 e. The van der Waals surface area contributed by atoms with E-state index in [0.717, 1.165) is 12.8 Å². The number of nitrogen functional groups attached to an aromatic ring is 1. The number of unbranched alkanes of at least 4 members (excludes halogenated alkanes) is 1. The maximum absolute atomic E-state index is 11.2. The van der Waals surface area contributed by atoms with E-state index in [4.69, 9.17) is 11.6 Å².